The molecule has 21 nitrogen and oxygen atoms in total. The number of nitrogens with one attached hydrogen (secondary N) is 18. The van der Waals surface area contributed by atoms with Crippen LogP contribution >= 0.6 is 0 Å². The lowest BCUT2D eigenvalue weighted by atomic mass is 10.1. The third kappa shape index (κ3) is 67.3. The van der Waals surface area contributed by atoms with Crippen LogP contribution in [0.15, 0.2) is 0 Å². The zero-order chi connectivity index (χ0) is 67.4. The largest absolute Gasteiger partial charge is 1.00 e. The lowest BCUT2D eigenvalue weighted by Gasteiger charge is -2.40. The molecule has 0 saturated carbocycles. The van der Waals surface area contributed by atoms with E-state index in [1.165, 1.54) is 256 Å². The predicted molar refractivity (Wildman–Crippen MR) is 418 cm³/mol. The Hall–Kier alpha value is -0.360. The van der Waals surface area contributed by atoms with Gasteiger partial charge in [0.2, 0.25) is 0 Å². The van der Waals surface area contributed by atoms with Gasteiger partial charge in [0.15, 0.2) is 0 Å². The SMILES string of the molecule is C1CCNCCCN(CCC[N+]2(CCCN3CCCNCCCCNCCCNCCCNCCCNCCCCNCCC3)CCCNCCCCNCCCNCCCNCCCNCCCCNCCC2)CCCNCCCCNCCCNCCCNCCCNC1.[Br-]. The Kier molecular flexibility index (Phi) is 74.8. The highest BCUT2D eigenvalue weighted by Crippen LogP contribution is 2.16. The van der Waals surface area contributed by atoms with Crippen LogP contribution in [-0.4, -0.2) is 315 Å². The van der Waals surface area contributed by atoms with Crippen molar-refractivity contribution in [3.63, 3.8) is 0 Å². The summed E-state index contributed by atoms with van der Waals surface area (Å²) in [6.07, 6.45) is 35.8. The van der Waals surface area contributed by atoms with Crippen LogP contribution < -0.4 is 113 Å². The fraction of sp³-hybridized carbons (Fsp3) is 1.00. The van der Waals surface area contributed by atoms with E-state index in [9.17, 15) is 0 Å². The molecule has 3 fully saturated rings. The summed E-state index contributed by atoms with van der Waals surface area (Å²) < 4.78 is 1.27. The molecule has 0 aromatic rings. The van der Waals surface area contributed by atoms with Gasteiger partial charge in [-0.2, -0.15) is 0 Å². The summed E-state index contributed by atoms with van der Waals surface area (Å²) in [7, 11) is 0. The molecule has 0 amide bonds. The van der Waals surface area contributed by atoms with Gasteiger partial charge in [-0.1, -0.05) is 0 Å². The van der Waals surface area contributed by atoms with Gasteiger partial charge in [0, 0.05) is 51.9 Å². The molecule has 97 heavy (non-hydrogen) atoms. The third-order valence-corrected chi connectivity index (χ3v) is 19.6. The zero-order valence-electron chi connectivity index (χ0n) is 63.8. The molecule has 18 N–H and O–H groups in total. The summed E-state index contributed by atoms with van der Waals surface area (Å²) >= 11 is 0. The van der Waals surface area contributed by atoms with E-state index in [0.717, 1.165) is 236 Å². The maximum Gasteiger partial charge on any atom is 0.0799 e. The minimum atomic E-state index is 0. The molecule has 0 aromatic heterocycles. The fourth-order valence-corrected chi connectivity index (χ4v) is 13.7. The summed E-state index contributed by atoms with van der Waals surface area (Å²) in [5.74, 6) is 0. The van der Waals surface area contributed by atoms with Crippen LogP contribution in [-0.2, 0) is 0 Å². The standard InChI is InChI=1S/C75H168N21.BrH/c1-7-36-82-60-22-66-94(67-23-61-83-37-8-2-31-77-43-14-49-89-55-19-54-88-48-13-42-76-30-1)70-28-74-96(72-26-64-86-40-11-5-34-80-46-17-52-92-58-21-59-93-53-18-47-81-35-6-12-41-87-65-27-73-96)75-29-71-95-68-24-62-84-38-9-3-32-78-44-15-50-90-56-20-57-91-51-16-45-79-33-4-10-39-85-63-25-69-95;/h76-93H,1-75H2;1H/q+1;/p-1. The van der Waals surface area contributed by atoms with Crippen molar-refractivity contribution in [2.24, 2.45) is 0 Å². The van der Waals surface area contributed by atoms with Crippen molar-refractivity contribution in [2.75, 3.05) is 301 Å². The highest BCUT2D eigenvalue weighted by Gasteiger charge is 2.27. The van der Waals surface area contributed by atoms with Crippen molar-refractivity contribution in [1.82, 2.24) is 106 Å². The molecule has 3 heterocycles. The molecule has 580 valence electrons. The van der Waals surface area contributed by atoms with E-state index in [-0.39, 0.29) is 17.0 Å². The Morgan fingerprint density at radius 2 is 0.299 bits per heavy atom. The van der Waals surface area contributed by atoms with E-state index >= 15 is 0 Å². The summed E-state index contributed by atoms with van der Waals surface area (Å²) in [5.41, 5.74) is 0. The van der Waals surface area contributed by atoms with Crippen LogP contribution in [0.4, 0.5) is 0 Å². The van der Waals surface area contributed by atoms with Crippen LogP contribution in [0.25, 0.3) is 0 Å². The van der Waals surface area contributed by atoms with Gasteiger partial charge in [-0.25, -0.2) is 0 Å². The molecular weight excluding hydrogens is 1270 g/mol. The smallest absolute Gasteiger partial charge is 0.0799 e. The van der Waals surface area contributed by atoms with Gasteiger partial charge >= 0.3 is 0 Å². The highest BCUT2D eigenvalue weighted by atomic mass is 79.9. The van der Waals surface area contributed by atoms with Crippen molar-refractivity contribution in [2.45, 2.75) is 186 Å². The first-order valence-corrected chi connectivity index (χ1v) is 41.9. The minimum Gasteiger partial charge on any atom is -1.00 e. The van der Waals surface area contributed by atoms with Gasteiger partial charge in [0.25, 0.3) is 0 Å². The number of rotatable bonds is 8. The van der Waals surface area contributed by atoms with E-state index in [2.05, 4.69) is 106 Å². The molecule has 3 rings (SSSR count). The van der Waals surface area contributed by atoms with E-state index < -0.39 is 0 Å². The van der Waals surface area contributed by atoms with Crippen molar-refractivity contribution in [3.8, 4) is 0 Å². The van der Waals surface area contributed by atoms with Gasteiger partial charge in [-0.3, -0.25) is 0 Å². The second kappa shape index (κ2) is 78.2. The number of quaternary nitrogens is 1. The molecule has 3 saturated heterocycles. The average Bonchev–Trinajstić information content (AvgIpc) is 1.02. The topological polar surface area (TPSA) is 223 Å². The van der Waals surface area contributed by atoms with Crippen molar-refractivity contribution < 1.29 is 21.5 Å². The molecular formula is C75H168BrN21. The van der Waals surface area contributed by atoms with E-state index in [0.29, 0.717) is 0 Å². The fourth-order valence-electron chi connectivity index (χ4n) is 13.7. The predicted octanol–water partition coefficient (Wildman–Crippen LogP) is 0.378. The van der Waals surface area contributed by atoms with Crippen molar-refractivity contribution >= 4 is 0 Å². The highest BCUT2D eigenvalue weighted by molar-refractivity contribution is 4.69. The van der Waals surface area contributed by atoms with Crippen LogP contribution in [0.5, 0.6) is 0 Å². The summed E-state index contributed by atoms with van der Waals surface area (Å²) in [5, 5.41) is 67.5. The van der Waals surface area contributed by atoms with Gasteiger partial charge in [-0.15, -0.1) is 0 Å². The maximum atomic E-state index is 3.95. The molecule has 0 spiro atoms. The second-order valence-electron chi connectivity index (χ2n) is 28.7. The van der Waals surface area contributed by atoms with Gasteiger partial charge in [0.1, 0.15) is 0 Å². The normalized spacial score (nSPS) is 24.4. The summed E-state index contributed by atoms with van der Waals surface area (Å²) in [4.78, 5) is 5.73. The van der Waals surface area contributed by atoms with Gasteiger partial charge in [0.05, 0.1) is 26.2 Å². The Balaban J connectivity index is 0.0000320. The first kappa shape index (κ1) is 92.7. The molecule has 0 aromatic carbocycles. The first-order chi connectivity index (χ1) is 47.9. The monoisotopic (exact) mass is 1440 g/mol. The van der Waals surface area contributed by atoms with Gasteiger partial charge in [-0.05, 0) is 409 Å². The van der Waals surface area contributed by atoms with Crippen LogP contribution in [0, 0.1) is 0 Å². The maximum absolute atomic E-state index is 3.95. The average molecular weight is 1440 g/mol. The summed E-state index contributed by atoms with van der Waals surface area (Å²) in [6.45, 7) is 52.6. The molecule has 3 aliphatic heterocycles. The first-order valence-electron chi connectivity index (χ1n) is 41.9. The Morgan fingerprint density at radius 1 is 0.165 bits per heavy atom. The molecule has 0 aliphatic carbocycles. The Labute approximate surface area is 611 Å². The van der Waals surface area contributed by atoms with Gasteiger partial charge < -0.3 is 127 Å². The Bertz CT molecular complexity index is 1320. The molecule has 22 heteroatoms. The molecule has 0 unspecified atom stereocenters. The molecule has 0 radical (unpaired) electrons. The van der Waals surface area contributed by atoms with Crippen LogP contribution in [0.3, 0.4) is 0 Å². The number of nitrogens with zero attached hydrogens (tertiary/aromatic N) is 3. The van der Waals surface area contributed by atoms with E-state index in [1.54, 1.807) is 0 Å². The second-order valence-corrected chi connectivity index (χ2v) is 28.7. The van der Waals surface area contributed by atoms with E-state index in [4.69, 9.17) is 0 Å². The number of halogens is 1. The van der Waals surface area contributed by atoms with Crippen molar-refractivity contribution in [1.29, 1.82) is 0 Å². The van der Waals surface area contributed by atoms with Crippen molar-refractivity contribution in [3.05, 3.63) is 0 Å². The summed E-state index contributed by atoms with van der Waals surface area (Å²) in [6, 6.07) is 0. The minimum absolute atomic E-state index is 0. The third-order valence-electron chi connectivity index (χ3n) is 19.6. The number of hydrogen-bond donors (Lipinski definition) is 18. The van der Waals surface area contributed by atoms with E-state index in [1.807, 2.05) is 0 Å². The molecule has 0 bridgehead atoms. The molecule has 0 atom stereocenters. The van der Waals surface area contributed by atoms with Crippen LogP contribution in [0.2, 0.25) is 0 Å². The quantitative estimate of drug-likeness (QED) is 0.148. The molecule has 3 aliphatic rings. The lowest BCUT2D eigenvalue weighted by Crippen LogP contribution is -3.00. The zero-order valence-corrected chi connectivity index (χ0v) is 65.3. The van der Waals surface area contributed by atoms with Crippen LogP contribution in [0.1, 0.15) is 186 Å². The Morgan fingerprint density at radius 3 is 0.464 bits per heavy atom. The lowest BCUT2D eigenvalue weighted by molar-refractivity contribution is -0.928. The number of hydrogen-bond acceptors (Lipinski definition) is 20.